The minimum atomic E-state index is -0.615. The molecule has 0 amide bonds. The van der Waals surface area contributed by atoms with Crippen LogP contribution >= 0.6 is 0 Å². The first-order chi connectivity index (χ1) is 10.0. The molecule has 0 aliphatic carbocycles. The molecule has 2 rings (SSSR count). The molecule has 0 radical (unpaired) electrons. The molecular formula is C16H25NO4. The van der Waals surface area contributed by atoms with E-state index >= 15 is 0 Å². The minimum Gasteiger partial charge on any atom is -0.493 e. The number of morpholine rings is 1. The summed E-state index contributed by atoms with van der Waals surface area (Å²) in [7, 11) is 3.20. The summed E-state index contributed by atoms with van der Waals surface area (Å²) >= 11 is 0. The Bertz CT molecular complexity index is 469. The predicted molar refractivity (Wildman–Crippen MR) is 81.0 cm³/mol. The number of methoxy groups -OCH3 is 2. The SMILES string of the molecule is COc1ccc(C(O)C(C)(C)N2CCOCC2)cc1OC. The third kappa shape index (κ3) is 3.31. The number of ether oxygens (including phenoxy) is 3. The van der Waals surface area contributed by atoms with Crippen LogP contribution in [0.15, 0.2) is 18.2 Å². The van der Waals surface area contributed by atoms with E-state index in [9.17, 15) is 5.11 Å². The highest BCUT2D eigenvalue weighted by Crippen LogP contribution is 2.36. The molecular weight excluding hydrogens is 270 g/mol. The van der Waals surface area contributed by atoms with Crippen LogP contribution in [0.25, 0.3) is 0 Å². The third-order valence-electron chi connectivity index (χ3n) is 4.22. The van der Waals surface area contributed by atoms with Gasteiger partial charge in [-0.25, -0.2) is 0 Å². The molecule has 1 heterocycles. The van der Waals surface area contributed by atoms with Gasteiger partial charge in [0.2, 0.25) is 0 Å². The van der Waals surface area contributed by atoms with Gasteiger partial charge in [0.1, 0.15) is 0 Å². The van der Waals surface area contributed by atoms with Crippen molar-refractivity contribution in [2.45, 2.75) is 25.5 Å². The lowest BCUT2D eigenvalue weighted by atomic mass is 9.89. The maximum Gasteiger partial charge on any atom is 0.161 e. The molecule has 1 aliphatic rings. The molecule has 1 unspecified atom stereocenters. The van der Waals surface area contributed by atoms with Crippen molar-refractivity contribution in [1.29, 1.82) is 0 Å². The first kappa shape index (κ1) is 16.1. The Morgan fingerprint density at radius 3 is 2.33 bits per heavy atom. The molecule has 1 saturated heterocycles. The van der Waals surface area contributed by atoms with Gasteiger partial charge in [0.25, 0.3) is 0 Å². The van der Waals surface area contributed by atoms with E-state index in [1.165, 1.54) is 0 Å². The Morgan fingerprint density at radius 2 is 1.76 bits per heavy atom. The van der Waals surface area contributed by atoms with Gasteiger partial charge in [0.05, 0.1) is 33.5 Å². The van der Waals surface area contributed by atoms with Crippen LogP contribution in [-0.2, 0) is 4.74 Å². The topological polar surface area (TPSA) is 51.2 Å². The van der Waals surface area contributed by atoms with Crippen molar-refractivity contribution in [3.8, 4) is 11.5 Å². The summed E-state index contributed by atoms with van der Waals surface area (Å²) in [6.07, 6.45) is -0.615. The Balaban J connectivity index is 2.23. The summed E-state index contributed by atoms with van der Waals surface area (Å²) in [5.41, 5.74) is 0.452. The van der Waals surface area contributed by atoms with Crippen molar-refractivity contribution in [3.05, 3.63) is 23.8 Å². The summed E-state index contributed by atoms with van der Waals surface area (Å²) in [5, 5.41) is 10.8. The number of hydrogen-bond acceptors (Lipinski definition) is 5. The van der Waals surface area contributed by atoms with Gasteiger partial charge in [0.15, 0.2) is 11.5 Å². The van der Waals surface area contributed by atoms with Crippen LogP contribution in [0.5, 0.6) is 11.5 Å². The summed E-state index contributed by atoms with van der Waals surface area (Å²) < 4.78 is 15.9. The monoisotopic (exact) mass is 295 g/mol. The number of hydrogen-bond donors (Lipinski definition) is 1. The second kappa shape index (κ2) is 6.64. The fraction of sp³-hybridized carbons (Fsp3) is 0.625. The fourth-order valence-corrected chi connectivity index (χ4v) is 2.74. The first-order valence-electron chi connectivity index (χ1n) is 7.23. The number of rotatable bonds is 5. The number of aliphatic hydroxyl groups is 1. The fourth-order valence-electron chi connectivity index (χ4n) is 2.74. The number of nitrogens with zero attached hydrogens (tertiary/aromatic N) is 1. The second-order valence-corrected chi connectivity index (χ2v) is 5.77. The molecule has 5 heteroatoms. The third-order valence-corrected chi connectivity index (χ3v) is 4.22. The average Bonchev–Trinajstić information content (AvgIpc) is 2.54. The van der Waals surface area contributed by atoms with Gasteiger partial charge in [-0.2, -0.15) is 0 Å². The van der Waals surface area contributed by atoms with Gasteiger partial charge >= 0.3 is 0 Å². The van der Waals surface area contributed by atoms with Gasteiger partial charge < -0.3 is 19.3 Å². The van der Waals surface area contributed by atoms with Crippen LogP contribution in [0.4, 0.5) is 0 Å². The van der Waals surface area contributed by atoms with E-state index in [4.69, 9.17) is 14.2 Å². The quantitative estimate of drug-likeness (QED) is 0.898. The zero-order chi connectivity index (χ0) is 15.5. The van der Waals surface area contributed by atoms with Gasteiger partial charge in [-0.3, -0.25) is 4.90 Å². The summed E-state index contributed by atoms with van der Waals surface area (Å²) in [6, 6.07) is 5.55. The lowest BCUT2D eigenvalue weighted by Gasteiger charge is -2.43. The normalized spacial score (nSPS) is 18.3. The van der Waals surface area contributed by atoms with Gasteiger partial charge in [-0.05, 0) is 31.5 Å². The van der Waals surface area contributed by atoms with E-state index in [1.54, 1.807) is 14.2 Å². The summed E-state index contributed by atoms with van der Waals surface area (Å²) in [5.74, 6) is 1.30. The zero-order valence-electron chi connectivity index (χ0n) is 13.3. The maximum atomic E-state index is 10.8. The van der Waals surface area contributed by atoms with Crippen LogP contribution in [0, 0.1) is 0 Å². The van der Waals surface area contributed by atoms with Crippen LogP contribution < -0.4 is 9.47 Å². The van der Waals surface area contributed by atoms with Crippen LogP contribution in [0.1, 0.15) is 25.5 Å². The molecule has 5 nitrogen and oxygen atoms in total. The highest BCUT2D eigenvalue weighted by atomic mass is 16.5. The Kier molecular flexibility index (Phi) is 5.08. The molecule has 0 aromatic heterocycles. The van der Waals surface area contributed by atoms with E-state index in [0.29, 0.717) is 24.7 Å². The minimum absolute atomic E-state index is 0.372. The van der Waals surface area contributed by atoms with E-state index in [2.05, 4.69) is 18.7 Å². The lowest BCUT2D eigenvalue weighted by molar-refractivity contribution is -0.0630. The molecule has 1 fully saturated rings. The Labute approximate surface area is 126 Å². The standard InChI is InChI=1S/C16H25NO4/c1-16(2,17-7-9-21-10-8-17)15(18)12-5-6-13(19-3)14(11-12)20-4/h5-6,11,15,18H,7-10H2,1-4H3. The molecule has 21 heavy (non-hydrogen) atoms. The Morgan fingerprint density at radius 1 is 1.14 bits per heavy atom. The molecule has 0 saturated carbocycles. The van der Waals surface area contributed by atoms with E-state index in [1.807, 2.05) is 18.2 Å². The van der Waals surface area contributed by atoms with E-state index in [-0.39, 0.29) is 5.54 Å². The average molecular weight is 295 g/mol. The van der Waals surface area contributed by atoms with Crippen LogP contribution in [0.3, 0.4) is 0 Å². The smallest absolute Gasteiger partial charge is 0.161 e. The highest BCUT2D eigenvalue weighted by Gasteiger charge is 2.36. The molecule has 1 aromatic rings. The highest BCUT2D eigenvalue weighted by molar-refractivity contribution is 5.44. The predicted octanol–water partition coefficient (Wildman–Crippen LogP) is 1.85. The second-order valence-electron chi connectivity index (χ2n) is 5.77. The van der Waals surface area contributed by atoms with Gasteiger partial charge in [-0.1, -0.05) is 6.07 Å². The zero-order valence-corrected chi connectivity index (χ0v) is 13.3. The van der Waals surface area contributed by atoms with Crippen molar-refractivity contribution >= 4 is 0 Å². The van der Waals surface area contributed by atoms with E-state index < -0.39 is 6.10 Å². The molecule has 1 N–H and O–H groups in total. The summed E-state index contributed by atoms with van der Waals surface area (Å²) in [6.45, 7) is 7.19. The van der Waals surface area contributed by atoms with Gasteiger partial charge in [-0.15, -0.1) is 0 Å². The molecule has 1 aromatic carbocycles. The number of benzene rings is 1. The molecule has 118 valence electrons. The van der Waals surface area contributed by atoms with Crippen molar-refractivity contribution in [1.82, 2.24) is 4.90 Å². The van der Waals surface area contributed by atoms with Crippen molar-refractivity contribution in [2.75, 3.05) is 40.5 Å². The lowest BCUT2D eigenvalue weighted by Crippen LogP contribution is -2.53. The maximum absolute atomic E-state index is 10.8. The molecule has 0 spiro atoms. The largest absolute Gasteiger partial charge is 0.493 e. The number of aliphatic hydroxyl groups excluding tert-OH is 1. The molecule has 1 atom stereocenters. The van der Waals surface area contributed by atoms with Gasteiger partial charge in [0, 0.05) is 18.6 Å². The first-order valence-corrected chi connectivity index (χ1v) is 7.23. The molecule has 0 bridgehead atoms. The molecule has 1 aliphatic heterocycles. The van der Waals surface area contributed by atoms with Crippen molar-refractivity contribution < 1.29 is 19.3 Å². The van der Waals surface area contributed by atoms with Crippen LogP contribution in [0.2, 0.25) is 0 Å². The van der Waals surface area contributed by atoms with Crippen molar-refractivity contribution in [3.63, 3.8) is 0 Å². The Hall–Kier alpha value is -1.30. The van der Waals surface area contributed by atoms with Crippen LogP contribution in [-0.4, -0.2) is 56.1 Å². The van der Waals surface area contributed by atoms with E-state index in [0.717, 1.165) is 18.7 Å². The van der Waals surface area contributed by atoms with Crippen molar-refractivity contribution in [2.24, 2.45) is 0 Å². The summed E-state index contributed by atoms with van der Waals surface area (Å²) in [4.78, 5) is 2.26.